The molecule has 0 fully saturated rings. The summed E-state index contributed by atoms with van der Waals surface area (Å²) in [4.78, 5) is 21.6. The minimum Gasteiger partial charge on any atom is -0.465 e. The maximum atomic E-state index is 14.2. The number of aryl methyl sites for hydroxylation is 2. The first-order valence-electron chi connectivity index (χ1n) is 7.23. The van der Waals surface area contributed by atoms with Gasteiger partial charge in [-0.15, -0.1) is 0 Å². The average molecular weight is 363 g/mol. The predicted molar refractivity (Wildman–Crippen MR) is 87.3 cm³/mol. The Morgan fingerprint density at radius 1 is 1.32 bits per heavy atom. The van der Waals surface area contributed by atoms with Gasteiger partial charge in [0.2, 0.25) is 5.13 Å². The highest BCUT2D eigenvalue weighted by molar-refractivity contribution is 7.09. The van der Waals surface area contributed by atoms with E-state index in [0.29, 0.717) is 22.3 Å². The molecule has 0 aliphatic heterocycles. The monoisotopic (exact) mass is 363 g/mol. The smallest absolute Gasteiger partial charge is 0.340 e. The van der Waals surface area contributed by atoms with Crippen LogP contribution >= 0.6 is 11.5 Å². The Kier molecular flexibility index (Phi) is 4.70. The first-order chi connectivity index (χ1) is 12.0. The number of ether oxygens (including phenoxy) is 1. The Bertz CT molecular complexity index is 870. The van der Waals surface area contributed by atoms with Crippen LogP contribution in [0.15, 0.2) is 22.7 Å². The van der Waals surface area contributed by atoms with Gasteiger partial charge in [-0.1, -0.05) is 11.2 Å². The van der Waals surface area contributed by atoms with Gasteiger partial charge in [0.15, 0.2) is 5.82 Å². The second-order valence-electron chi connectivity index (χ2n) is 5.14. The fraction of sp³-hybridized carbons (Fsp3) is 0.267. The lowest BCUT2D eigenvalue weighted by Gasteiger charge is -2.16. The van der Waals surface area contributed by atoms with Crippen molar-refractivity contribution < 1.29 is 18.4 Å². The van der Waals surface area contributed by atoms with Crippen molar-refractivity contribution in [1.29, 1.82) is 0 Å². The molecule has 1 aromatic carbocycles. The number of methoxy groups -OCH3 is 1. The number of carbonyl (C=O) groups is 1. The van der Waals surface area contributed by atoms with E-state index in [0.717, 1.165) is 0 Å². The van der Waals surface area contributed by atoms with Crippen LogP contribution in [0.25, 0.3) is 0 Å². The fourth-order valence-electron chi connectivity index (χ4n) is 2.12. The van der Waals surface area contributed by atoms with Crippen LogP contribution in [0, 0.1) is 19.7 Å². The van der Waals surface area contributed by atoms with Crippen LogP contribution in [0.3, 0.4) is 0 Å². The number of halogens is 1. The quantitative estimate of drug-likeness (QED) is 0.639. The number of carbonyl (C=O) groups excluding carboxylic acids is 1. The van der Waals surface area contributed by atoms with Crippen molar-refractivity contribution in [2.45, 2.75) is 20.4 Å². The van der Waals surface area contributed by atoms with Gasteiger partial charge < -0.3 is 9.26 Å². The van der Waals surface area contributed by atoms with Gasteiger partial charge in [-0.3, -0.25) is 4.90 Å². The lowest BCUT2D eigenvalue weighted by molar-refractivity contribution is 0.0595. The Morgan fingerprint density at radius 2 is 2.12 bits per heavy atom. The number of nitrogens with zero attached hydrogens (tertiary/aromatic N) is 5. The van der Waals surface area contributed by atoms with Gasteiger partial charge in [0.1, 0.15) is 11.6 Å². The average Bonchev–Trinajstić information content (AvgIpc) is 3.20. The van der Waals surface area contributed by atoms with Crippen LogP contribution in [0.1, 0.15) is 27.6 Å². The van der Waals surface area contributed by atoms with Gasteiger partial charge in [-0.2, -0.15) is 9.36 Å². The second-order valence-corrected chi connectivity index (χ2v) is 5.87. The first kappa shape index (κ1) is 17.0. The van der Waals surface area contributed by atoms with Crippen LogP contribution < -0.4 is 4.90 Å². The molecule has 0 radical (unpaired) electrons. The molecule has 0 saturated heterocycles. The summed E-state index contributed by atoms with van der Waals surface area (Å²) in [6, 6.07) is 4.49. The number of esters is 1. The molecule has 0 bridgehead atoms. The summed E-state index contributed by atoms with van der Waals surface area (Å²) >= 11 is 1.17. The van der Waals surface area contributed by atoms with E-state index < -0.39 is 11.8 Å². The van der Waals surface area contributed by atoms with Crippen LogP contribution in [0.4, 0.5) is 15.5 Å². The number of aromatic nitrogens is 4. The number of anilines is 2. The van der Waals surface area contributed by atoms with Gasteiger partial charge in [0.05, 0.1) is 19.2 Å². The Morgan fingerprint density at radius 3 is 2.68 bits per heavy atom. The maximum absolute atomic E-state index is 14.2. The Hall–Kier alpha value is -2.88. The summed E-state index contributed by atoms with van der Waals surface area (Å²) in [6.07, 6.45) is 0. The zero-order valence-electron chi connectivity index (χ0n) is 13.7. The molecule has 0 aliphatic rings. The third kappa shape index (κ3) is 3.63. The van der Waals surface area contributed by atoms with Gasteiger partial charge in [0.25, 0.3) is 0 Å². The van der Waals surface area contributed by atoms with Gasteiger partial charge in [-0.05, 0) is 31.5 Å². The molecule has 0 saturated carbocycles. The van der Waals surface area contributed by atoms with E-state index in [9.17, 15) is 9.18 Å². The molecular formula is C15H14FN5O3S. The molecule has 10 heteroatoms. The molecule has 0 amide bonds. The number of hydrogen-bond donors (Lipinski definition) is 0. The standard InChI is InChI=1S/C15H14FN5O3S/c1-8-17-14(24-19-8)21(15-18-9(2)20-25-15)7-10-4-5-11(12(16)6-10)13(22)23-3/h4-6H,7H2,1-3H3. The summed E-state index contributed by atoms with van der Waals surface area (Å²) in [7, 11) is 1.20. The van der Waals surface area contributed by atoms with E-state index in [2.05, 4.69) is 24.2 Å². The highest BCUT2D eigenvalue weighted by atomic mass is 32.1. The molecule has 0 aliphatic carbocycles. The lowest BCUT2D eigenvalue weighted by Crippen LogP contribution is -2.17. The normalized spacial score (nSPS) is 10.7. The molecule has 130 valence electrons. The van der Waals surface area contributed by atoms with Gasteiger partial charge in [0, 0.05) is 11.5 Å². The SMILES string of the molecule is COC(=O)c1ccc(CN(c2nc(C)no2)c2nc(C)ns2)cc1F. The minimum atomic E-state index is -0.729. The summed E-state index contributed by atoms with van der Waals surface area (Å²) in [5, 5.41) is 4.31. The van der Waals surface area contributed by atoms with E-state index in [1.54, 1.807) is 24.8 Å². The summed E-state index contributed by atoms with van der Waals surface area (Å²) in [5.74, 6) is -0.324. The Balaban J connectivity index is 1.93. The summed E-state index contributed by atoms with van der Waals surface area (Å²) in [6.45, 7) is 3.68. The Labute approximate surface area is 146 Å². The first-order valence-corrected chi connectivity index (χ1v) is 8.00. The number of hydrogen-bond acceptors (Lipinski definition) is 9. The third-order valence-corrected chi connectivity index (χ3v) is 4.11. The van der Waals surface area contributed by atoms with E-state index in [-0.39, 0.29) is 18.1 Å². The largest absolute Gasteiger partial charge is 0.465 e. The van der Waals surface area contributed by atoms with Crippen molar-refractivity contribution in [2.24, 2.45) is 0 Å². The molecular weight excluding hydrogens is 349 g/mol. The van der Waals surface area contributed by atoms with Crippen LogP contribution in [-0.2, 0) is 11.3 Å². The van der Waals surface area contributed by atoms with E-state index in [1.807, 2.05) is 0 Å². The van der Waals surface area contributed by atoms with E-state index in [4.69, 9.17) is 4.52 Å². The van der Waals surface area contributed by atoms with Crippen molar-refractivity contribution in [2.75, 3.05) is 12.0 Å². The molecule has 0 spiro atoms. The van der Waals surface area contributed by atoms with Crippen LogP contribution in [-0.4, -0.2) is 32.6 Å². The zero-order valence-corrected chi connectivity index (χ0v) is 14.5. The molecule has 0 atom stereocenters. The predicted octanol–water partition coefficient (Wildman–Crippen LogP) is 2.80. The fourth-order valence-corrected chi connectivity index (χ4v) is 2.79. The minimum absolute atomic E-state index is 0.127. The van der Waals surface area contributed by atoms with Crippen molar-refractivity contribution in [3.8, 4) is 0 Å². The number of benzene rings is 1. The summed E-state index contributed by atoms with van der Waals surface area (Å²) < 4.78 is 28.0. The van der Waals surface area contributed by atoms with Crippen LogP contribution in [0.2, 0.25) is 0 Å². The summed E-state index contributed by atoms with van der Waals surface area (Å²) in [5.41, 5.74) is 0.465. The van der Waals surface area contributed by atoms with Crippen molar-refractivity contribution >= 4 is 28.6 Å². The topological polar surface area (TPSA) is 94.2 Å². The van der Waals surface area contributed by atoms with Crippen molar-refractivity contribution in [3.05, 3.63) is 46.8 Å². The van der Waals surface area contributed by atoms with Gasteiger partial charge >= 0.3 is 12.0 Å². The molecule has 3 rings (SSSR count). The van der Waals surface area contributed by atoms with Crippen molar-refractivity contribution in [1.82, 2.24) is 19.5 Å². The van der Waals surface area contributed by atoms with Gasteiger partial charge in [-0.25, -0.2) is 14.2 Å². The molecule has 2 aromatic heterocycles. The highest BCUT2D eigenvalue weighted by Gasteiger charge is 2.21. The zero-order chi connectivity index (χ0) is 18.0. The van der Waals surface area contributed by atoms with Crippen molar-refractivity contribution in [3.63, 3.8) is 0 Å². The third-order valence-electron chi connectivity index (χ3n) is 3.28. The molecule has 8 nitrogen and oxygen atoms in total. The molecule has 0 unspecified atom stereocenters. The second kappa shape index (κ2) is 6.93. The maximum Gasteiger partial charge on any atom is 0.340 e. The van der Waals surface area contributed by atoms with E-state index in [1.165, 1.54) is 30.8 Å². The van der Waals surface area contributed by atoms with Crippen LogP contribution in [0.5, 0.6) is 0 Å². The highest BCUT2D eigenvalue weighted by Crippen LogP contribution is 2.28. The molecule has 3 aromatic rings. The molecule has 0 N–H and O–H groups in total. The lowest BCUT2D eigenvalue weighted by atomic mass is 10.1. The molecule has 2 heterocycles. The molecule has 25 heavy (non-hydrogen) atoms. The number of rotatable bonds is 5. The van der Waals surface area contributed by atoms with E-state index >= 15 is 0 Å².